The number of hydrogen-bond donors (Lipinski definition) is 3. The summed E-state index contributed by atoms with van der Waals surface area (Å²) < 4.78 is 5.10. The Balaban J connectivity index is 1.94. The highest BCUT2D eigenvalue weighted by Gasteiger charge is 2.62. The number of carbonyl (C=O) groups excluding carboxylic acids is 2. The van der Waals surface area contributed by atoms with Crippen LogP contribution in [0.15, 0.2) is 48.5 Å². The van der Waals surface area contributed by atoms with E-state index in [1.807, 2.05) is 13.8 Å². The molecule has 2 aromatic carbocycles. The Morgan fingerprint density at radius 2 is 1.54 bits per heavy atom. The van der Waals surface area contributed by atoms with Crippen LogP contribution in [-0.4, -0.2) is 43.8 Å². The van der Waals surface area contributed by atoms with Gasteiger partial charge in [-0.15, -0.1) is 0 Å². The molecule has 0 aromatic heterocycles. The van der Waals surface area contributed by atoms with Gasteiger partial charge in [-0.25, -0.2) is 0 Å². The molecule has 1 heterocycles. The predicted octanol–water partition coefficient (Wildman–Crippen LogP) is 2.19. The van der Waals surface area contributed by atoms with Crippen LogP contribution in [0.2, 0.25) is 0 Å². The zero-order valence-corrected chi connectivity index (χ0v) is 16.2. The van der Waals surface area contributed by atoms with E-state index in [0.29, 0.717) is 0 Å². The lowest BCUT2D eigenvalue weighted by Gasteiger charge is -2.27. The highest BCUT2D eigenvalue weighted by Crippen LogP contribution is 2.43. The minimum atomic E-state index is -2.42. The molecular formula is C21H21ClO6. The fourth-order valence-electron chi connectivity index (χ4n) is 3.25. The fourth-order valence-corrected chi connectivity index (χ4v) is 3.54. The van der Waals surface area contributed by atoms with Gasteiger partial charge in [0.1, 0.15) is 6.10 Å². The van der Waals surface area contributed by atoms with Gasteiger partial charge in [0, 0.05) is 5.56 Å². The van der Waals surface area contributed by atoms with Crippen molar-refractivity contribution >= 4 is 23.2 Å². The molecule has 0 radical (unpaired) electrons. The van der Waals surface area contributed by atoms with Crippen molar-refractivity contribution in [3.8, 4) is 0 Å². The number of carbonyl (C=O) groups is 2. The first-order valence-electron chi connectivity index (χ1n) is 8.75. The zero-order chi connectivity index (χ0) is 20.7. The molecule has 148 valence electrons. The zero-order valence-electron chi connectivity index (χ0n) is 15.4. The normalized spacial score (nSPS) is 28.1. The number of halogens is 1. The van der Waals surface area contributed by atoms with Crippen LogP contribution in [-0.2, 0) is 9.53 Å². The number of hydrogen-bond acceptors (Lipinski definition) is 6. The lowest BCUT2D eigenvalue weighted by atomic mass is 9.82. The van der Waals surface area contributed by atoms with Gasteiger partial charge in [-0.05, 0) is 19.4 Å². The van der Waals surface area contributed by atoms with Crippen LogP contribution in [0.5, 0.6) is 0 Å². The van der Waals surface area contributed by atoms with Crippen LogP contribution < -0.4 is 0 Å². The Morgan fingerprint density at radius 3 is 2.07 bits per heavy atom. The van der Waals surface area contributed by atoms with Gasteiger partial charge in [0.05, 0.1) is 6.42 Å². The molecular weight excluding hydrogens is 384 g/mol. The van der Waals surface area contributed by atoms with Crippen molar-refractivity contribution in [1.82, 2.24) is 0 Å². The summed E-state index contributed by atoms with van der Waals surface area (Å²) in [6.45, 7) is 3.69. The summed E-state index contributed by atoms with van der Waals surface area (Å²) >= 11 is 5.81. The Hall–Kier alpha value is -2.09. The summed E-state index contributed by atoms with van der Waals surface area (Å²) in [5.74, 6) is -1.79. The second-order valence-electron chi connectivity index (χ2n) is 7.20. The molecule has 2 aromatic rings. The van der Waals surface area contributed by atoms with E-state index < -0.39 is 41.0 Å². The monoisotopic (exact) mass is 404 g/mol. The smallest absolute Gasteiger partial charge is 0.249 e. The molecule has 0 amide bonds. The predicted molar refractivity (Wildman–Crippen MR) is 102 cm³/mol. The summed E-state index contributed by atoms with van der Waals surface area (Å²) in [4.78, 5) is 25.8. The van der Waals surface area contributed by atoms with Crippen molar-refractivity contribution in [2.24, 2.45) is 0 Å². The fraction of sp³-hybridized carbons (Fsp3) is 0.333. The molecule has 1 saturated heterocycles. The largest absolute Gasteiger partial charge is 0.380 e. The highest BCUT2D eigenvalue weighted by atomic mass is 35.5. The standard InChI is InChI=1S/C21H21ClO6/c1-12-3-7-14(8-4-12)16(23)17(24)19-20(26,11-21(22,27)28-19)18(25)15-9-5-13(2)6-10-15/h3-10,16,19,23,26-27H,11H2,1-2H3/t16?,19-,20-,21?/m1/s1. The topological polar surface area (TPSA) is 104 Å². The summed E-state index contributed by atoms with van der Waals surface area (Å²) in [5, 5.41) is 29.2. The molecule has 1 aliphatic rings. The number of alkyl halides is 1. The third-order valence-electron chi connectivity index (χ3n) is 4.85. The minimum absolute atomic E-state index is 0.133. The first-order valence-corrected chi connectivity index (χ1v) is 9.12. The molecule has 3 N–H and O–H groups in total. The average Bonchev–Trinajstić information content (AvgIpc) is 2.91. The van der Waals surface area contributed by atoms with Crippen molar-refractivity contribution in [2.75, 3.05) is 0 Å². The maximum absolute atomic E-state index is 13.0. The highest BCUT2D eigenvalue weighted by molar-refractivity contribution is 6.23. The van der Waals surface area contributed by atoms with E-state index in [1.54, 1.807) is 36.4 Å². The van der Waals surface area contributed by atoms with Crippen molar-refractivity contribution in [2.45, 2.75) is 43.3 Å². The van der Waals surface area contributed by atoms with Crippen molar-refractivity contribution in [3.05, 3.63) is 70.8 Å². The number of ether oxygens (including phenoxy) is 1. The van der Waals surface area contributed by atoms with Crippen LogP contribution in [0.4, 0.5) is 0 Å². The van der Waals surface area contributed by atoms with Gasteiger partial charge < -0.3 is 20.1 Å². The van der Waals surface area contributed by atoms with Crippen LogP contribution in [0.3, 0.4) is 0 Å². The van der Waals surface area contributed by atoms with Crippen LogP contribution in [0, 0.1) is 13.8 Å². The van der Waals surface area contributed by atoms with E-state index in [-0.39, 0.29) is 11.1 Å². The van der Waals surface area contributed by atoms with Gasteiger partial charge in [-0.1, -0.05) is 71.3 Å². The molecule has 3 rings (SSSR count). The van der Waals surface area contributed by atoms with Gasteiger partial charge >= 0.3 is 0 Å². The van der Waals surface area contributed by atoms with Crippen LogP contribution in [0.25, 0.3) is 0 Å². The van der Waals surface area contributed by atoms with E-state index >= 15 is 0 Å². The van der Waals surface area contributed by atoms with E-state index in [1.165, 1.54) is 12.1 Å². The minimum Gasteiger partial charge on any atom is -0.380 e. The van der Waals surface area contributed by atoms with Crippen LogP contribution >= 0.6 is 11.6 Å². The molecule has 0 aliphatic carbocycles. The Labute approximate surface area is 167 Å². The third-order valence-corrected chi connectivity index (χ3v) is 5.07. The number of ketones is 2. The Kier molecular flexibility index (Phi) is 5.44. The lowest BCUT2D eigenvalue weighted by Crippen LogP contribution is -2.51. The lowest BCUT2D eigenvalue weighted by molar-refractivity contribution is -0.164. The number of rotatable bonds is 5. The Bertz CT molecular complexity index is 890. The molecule has 6 nitrogen and oxygen atoms in total. The van der Waals surface area contributed by atoms with Gasteiger partial charge in [-0.2, -0.15) is 0 Å². The Morgan fingerprint density at radius 1 is 1.04 bits per heavy atom. The van der Waals surface area contributed by atoms with Crippen molar-refractivity contribution in [3.63, 3.8) is 0 Å². The number of aryl methyl sites for hydroxylation is 2. The number of Topliss-reactive ketones (excluding diaryl/α,β-unsaturated/α-hetero) is 2. The molecule has 7 heteroatoms. The van der Waals surface area contributed by atoms with E-state index in [4.69, 9.17) is 16.3 Å². The summed E-state index contributed by atoms with van der Waals surface area (Å²) in [6.07, 6.45) is -4.21. The average molecular weight is 405 g/mol. The molecule has 4 atom stereocenters. The van der Waals surface area contributed by atoms with Gasteiger partial charge in [0.15, 0.2) is 23.3 Å². The molecule has 28 heavy (non-hydrogen) atoms. The molecule has 1 aliphatic heterocycles. The molecule has 0 bridgehead atoms. The molecule has 0 saturated carbocycles. The number of benzene rings is 2. The summed E-state index contributed by atoms with van der Waals surface area (Å²) in [5.41, 5.74) is -0.179. The molecule has 0 spiro atoms. The summed E-state index contributed by atoms with van der Waals surface area (Å²) in [7, 11) is 0. The molecule has 1 fully saturated rings. The van der Waals surface area contributed by atoms with E-state index in [0.717, 1.165) is 11.1 Å². The van der Waals surface area contributed by atoms with Crippen molar-refractivity contribution < 1.29 is 29.6 Å². The number of aliphatic hydroxyl groups is 3. The first-order chi connectivity index (χ1) is 13.0. The maximum atomic E-state index is 13.0. The second-order valence-corrected chi connectivity index (χ2v) is 7.79. The van der Waals surface area contributed by atoms with Crippen molar-refractivity contribution in [1.29, 1.82) is 0 Å². The van der Waals surface area contributed by atoms with Crippen LogP contribution in [0.1, 0.15) is 39.6 Å². The van der Waals surface area contributed by atoms with Gasteiger partial charge in [0.2, 0.25) is 5.25 Å². The van der Waals surface area contributed by atoms with Gasteiger partial charge in [0.25, 0.3) is 0 Å². The van der Waals surface area contributed by atoms with E-state index in [2.05, 4.69) is 0 Å². The summed E-state index contributed by atoms with van der Waals surface area (Å²) in [6, 6.07) is 12.9. The van der Waals surface area contributed by atoms with Gasteiger partial charge in [-0.3, -0.25) is 9.59 Å². The quantitative estimate of drug-likeness (QED) is 0.521. The second kappa shape index (κ2) is 7.39. The first kappa shape index (κ1) is 20.6. The number of aliphatic hydroxyl groups excluding tert-OH is 1. The maximum Gasteiger partial charge on any atom is 0.249 e. The third kappa shape index (κ3) is 3.87. The SMILES string of the molecule is Cc1ccc(C(=O)[C@]2(O)CC(O)(Cl)O[C@@H]2C(=O)C(O)c2ccc(C)cc2)cc1. The van der Waals surface area contributed by atoms with E-state index in [9.17, 15) is 24.9 Å². The molecule has 2 unspecified atom stereocenters.